The maximum Gasteiger partial charge on any atom is 0.336 e. The molecule has 0 unspecified atom stereocenters. The number of amides is 1. The van der Waals surface area contributed by atoms with Gasteiger partial charge in [0.1, 0.15) is 5.58 Å². The quantitative estimate of drug-likeness (QED) is 0.724. The molecule has 6 nitrogen and oxygen atoms in total. The third-order valence-electron chi connectivity index (χ3n) is 6.79. The zero-order valence-electron chi connectivity index (χ0n) is 18.4. The molecule has 2 saturated heterocycles. The molecule has 2 aliphatic heterocycles. The van der Waals surface area contributed by atoms with Crippen molar-refractivity contribution < 1.29 is 9.21 Å². The summed E-state index contributed by atoms with van der Waals surface area (Å²) in [6, 6.07) is 6.08. The van der Waals surface area contributed by atoms with Crippen LogP contribution in [0.2, 0.25) is 0 Å². The molecule has 3 heterocycles. The average Bonchev–Trinajstić information content (AvgIpc) is 2.71. The van der Waals surface area contributed by atoms with Crippen LogP contribution < -0.4 is 5.63 Å². The molecule has 1 amide bonds. The van der Waals surface area contributed by atoms with Gasteiger partial charge in [0.05, 0.1) is 6.54 Å². The van der Waals surface area contributed by atoms with Crippen molar-refractivity contribution in [2.24, 2.45) is 0 Å². The van der Waals surface area contributed by atoms with E-state index in [1.54, 1.807) is 6.07 Å². The van der Waals surface area contributed by atoms with Crippen molar-refractivity contribution in [3.8, 4) is 0 Å². The van der Waals surface area contributed by atoms with Crippen LogP contribution in [0.3, 0.4) is 0 Å². The van der Waals surface area contributed by atoms with Crippen molar-refractivity contribution in [3.05, 3.63) is 45.3 Å². The van der Waals surface area contributed by atoms with Crippen LogP contribution >= 0.6 is 0 Å². The second-order valence-corrected chi connectivity index (χ2v) is 9.01. The highest BCUT2D eigenvalue weighted by molar-refractivity contribution is 5.82. The molecule has 162 valence electrons. The fourth-order valence-electron chi connectivity index (χ4n) is 4.71. The molecule has 30 heavy (non-hydrogen) atoms. The average molecular weight is 412 g/mol. The predicted octanol–water partition coefficient (Wildman–Crippen LogP) is 2.93. The third kappa shape index (κ3) is 4.60. The maximum absolute atomic E-state index is 12.7. The highest BCUT2D eigenvalue weighted by atomic mass is 16.4. The first-order valence-corrected chi connectivity index (χ1v) is 11.2. The number of hydrogen-bond donors (Lipinski definition) is 0. The maximum atomic E-state index is 12.7. The standard InChI is InChI=1S/C24H33N3O3/c1-17-12-21-20(14-24(29)30-22(21)13-18(17)2)15-25-8-10-26(11-9-25)16-23(28)27-7-5-4-6-19(27)3/h12-14,19H,4-11,15-16H2,1-3H3/t19-/m0/s1. The Bertz CT molecular complexity index is 976. The van der Waals surface area contributed by atoms with Gasteiger partial charge in [-0.25, -0.2) is 4.79 Å². The Labute approximate surface area is 178 Å². The Kier molecular flexibility index (Phi) is 6.25. The summed E-state index contributed by atoms with van der Waals surface area (Å²) in [6.45, 7) is 12.0. The minimum Gasteiger partial charge on any atom is -0.423 e. The summed E-state index contributed by atoms with van der Waals surface area (Å²) in [5.41, 5.74) is 3.73. The number of hydrogen-bond acceptors (Lipinski definition) is 5. The van der Waals surface area contributed by atoms with E-state index in [0.717, 1.165) is 68.6 Å². The van der Waals surface area contributed by atoms with Gasteiger partial charge in [-0.2, -0.15) is 0 Å². The number of piperidine rings is 1. The Morgan fingerprint density at radius 1 is 1.00 bits per heavy atom. The molecule has 0 radical (unpaired) electrons. The predicted molar refractivity (Wildman–Crippen MR) is 119 cm³/mol. The lowest BCUT2D eigenvalue weighted by atomic mass is 10.0. The Morgan fingerprint density at radius 3 is 2.43 bits per heavy atom. The fraction of sp³-hybridized carbons (Fsp3) is 0.583. The van der Waals surface area contributed by atoms with E-state index in [4.69, 9.17) is 4.42 Å². The normalized spacial score (nSPS) is 21.3. The Balaban J connectivity index is 1.38. The van der Waals surface area contributed by atoms with Crippen LogP contribution in [0.1, 0.15) is 42.9 Å². The van der Waals surface area contributed by atoms with Crippen molar-refractivity contribution >= 4 is 16.9 Å². The van der Waals surface area contributed by atoms with Gasteiger partial charge in [-0.1, -0.05) is 0 Å². The van der Waals surface area contributed by atoms with Gasteiger partial charge in [0.25, 0.3) is 0 Å². The van der Waals surface area contributed by atoms with Crippen LogP contribution in [0.4, 0.5) is 0 Å². The van der Waals surface area contributed by atoms with Crippen LogP contribution in [-0.4, -0.2) is 65.9 Å². The van der Waals surface area contributed by atoms with E-state index >= 15 is 0 Å². The topological polar surface area (TPSA) is 57.0 Å². The van der Waals surface area contributed by atoms with Crippen molar-refractivity contribution in [3.63, 3.8) is 0 Å². The molecule has 2 fully saturated rings. The van der Waals surface area contributed by atoms with Gasteiger partial charge >= 0.3 is 5.63 Å². The smallest absolute Gasteiger partial charge is 0.336 e. The van der Waals surface area contributed by atoms with Crippen molar-refractivity contribution in [1.29, 1.82) is 0 Å². The lowest BCUT2D eigenvalue weighted by Crippen LogP contribution is -2.51. The summed E-state index contributed by atoms with van der Waals surface area (Å²) in [4.78, 5) is 31.5. The number of carbonyl (C=O) groups is 1. The second-order valence-electron chi connectivity index (χ2n) is 9.01. The SMILES string of the molecule is Cc1cc2oc(=O)cc(CN3CCN(CC(=O)N4CCCC[C@@H]4C)CC3)c2cc1C. The van der Waals surface area contributed by atoms with Crippen LogP contribution in [0.15, 0.2) is 27.4 Å². The molecule has 1 atom stereocenters. The summed E-state index contributed by atoms with van der Waals surface area (Å²) in [6.07, 6.45) is 3.48. The van der Waals surface area contributed by atoms with Gasteiger partial charge in [-0.3, -0.25) is 14.6 Å². The number of aryl methyl sites for hydroxylation is 2. The molecule has 1 aromatic carbocycles. The van der Waals surface area contributed by atoms with Gasteiger partial charge in [0, 0.05) is 56.8 Å². The molecule has 0 spiro atoms. The molecule has 6 heteroatoms. The zero-order chi connectivity index (χ0) is 21.3. The number of benzene rings is 1. The lowest BCUT2D eigenvalue weighted by Gasteiger charge is -2.38. The summed E-state index contributed by atoms with van der Waals surface area (Å²) in [5, 5.41) is 1.02. The van der Waals surface area contributed by atoms with E-state index in [-0.39, 0.29) is 11.5 Å². The Hall–Kier alpha value is -2.18. The summed E-state index contributed by atoms with van der Waals surface area (Å²) < 4.78 is 5.43. The van der Waals surface area contributed by atoms with Crippen LogP contribution in [0.25, 0.3) is 11.0 Å². The summed E-state index contributed by atoms with van der Waals surface area (Å²) in [5.74, 6) is 0.271. The minimum absolute atomic E-state index is 0.271. The molecular weight excluding hydrogens is 378 g/mol. The monoisotopic (exact) mass is 411 g/mol. The lowest BCUT2D eigenvalue weighted by molar-refractivity contribution is -0.136. The number of likely N-dealkylation sites (tertiary alicyclic amines) is 1. The first-order chi connectivity index (χ1) is 14.4. The van der Waals surface area contributed by atoms with Gasteiger partial charge < -0.3 is 9.32 Å². The first-order valence-electron chi connectivity index (χ1n) is 11.2. The van der Waals surface area contributed by atoms with Gasteiger partial charge in [-0.05, 0) is 68.9 Å². The van der Waals surface area contributed by atoms with E-state index in [9.17, 15) is 9.59 Å². The molecule has 4 rings (SSSR count). The number of fused-ring (bicyclic) bond motifs is 1. The van der Waals surface area contributed by atoms with Gasteiger partial charge in [-0.15, -0.1) is 0 Å². The van der Waals surface area contributed by atoms with Gasteiger partial charge in [0.15, 0.2) is 0 Å². The minimum atomic E-state index is -0.291. The molecule has 0 N–H and O–H groups in total. The van der Waals surface area contributed by atoms with Crippen molar-refractivity contribution in [1.82, 2.24) is 14.7 Å². The van der Waals surface area contributed by atoms with Crippen LogP contribution in [0.5, 0.6) is 0 Å². The molecule has 2 aliphatic rings. The number of piperazine rings is 1. The van der Waals surface area contributed by atoms with E-state index in [0.29, 0.717) is 18.2 Å². The molecular formula is C24H33N3O3. The van der Waals surface area contributed by atoms with Crippen LogP contribution in [-0.2, 0) is 11.3 Å². The number of carbonyl (C=O) groups excluding carboxylic acids is 1. The molecule has 0 aliphatic carbocycles. The zero-order valence-corrected chi connectivity index (χ0v) is 18.4. The van der Waals surface area contributed by atoms with E-state index in [2.05, 4.69) is 34.6 Å². The second kappa shape index (κ2) is 8.90. The third-order valence-corrected chi connectivity index (χ3v) is 6.79. The van der Waals surface area contributed by atoms with E-state index < -0.39 is 0 Å². The van der Waals surface area contributed by atoms with Crippen molar-refractivity contribution in [2.75, 3.05) is 39.3 Å². The summed E-state index contributed by atoms with van der Waals surface area (Å²) >= 11 is 0. The van der Waals surface area contributed by atoms with Crippen LogP contribution in [0, 0.1) is 13.8 Å². The Morgan fingerprint density at radius 2 is 1.70 bits per heavy atom. The van der Waals surface area contributed by atoms with E-state index in [1.165, 1.54) is 12.0 Å². The molecule has 0 bridgehead atoms. The molecule has 0 saturated carbocycles. The highest BCUT2D eigenvalue weighted by Gasteiger charge is 2.26. The van der Waals surface area contributed by atoms with Gasteiger partial charge in [0.2, 0.25) is 5.91 Å². The summed E-state index contributed by atoms with van der Waals surface area (Å²) in [7, 11) is 0. The van der Waals surface area contributed by atoms with E-state index in [1.807, 2.05) is 13.0 Å². The first kappa shape index (κ1) is 21.1. The largest absolute Gasteiger partial charge is 0.423 e. The number of nitrogens with zero attached hydrogens (tertiary/aromatic N) is 3. The fourth-order valence-corrected chi connectivity index (χ4v) is 4.71. The molecule has 1 aromatic heterocycles. The van der Waals surface area contributed by atoms with Crippen molar-refractivity contribution in [2.45, 2.75) is 52.6 Å². The highest BCUT2D eigenvalue weighted by Crippen LogP contribution is 2.23. The molecule has 2 aromatic rings. The number of rotatable bonds is 4.